The minimum Gasteiger partial charge on any atom is -0.497 e. The minimum atomic E-state index is -0.731. The first-order valence-electron chi connectivity index (χ1n) is 13.9. The molecule has 3 aromatic heterocycles. The van der Waals surface area contributed by atoms with Gasteiger partial charge in [0.25, 0.3) is 5.56 Å². The van der Waals surface area contributed by atoms with Gasteiger partial charge in [-0.2, -0.15) is 0 Å². The number of methoxy groups -OCH3 is 2. The van der Waals surface area contributed by atoms with Crippen molar-refractivity contribution in [2.45, 2.75) is 33.0 Å². The number of fused-ring (bicyclic) bond motifs is 2. The van der Waals surface area contributed by atoms with E-state index in [9.17, 15) is 14.4 Å². The van der Waals surface area contributed by atoms with E-state index >= 15 is 0 Å². The SMILES string of the molecule is COc1ccc([C@H]2C(C(C)=O)=C(C)N=c3s/c(=C\c4cn(CC(=O)NCc5ccco5)c5ccccc45)c(=O)n32)c(OC)c1. The van der Waals surface area contributed by atoms with Crippen LogP contribution in [0.15, 0.2) is 92.5 Å². The number of ether oxygens (including phenoxy) is 2. The molecule has 1 aliphatic heterocycles. The van der Waals surface area contributed by atoms with E-state index in [1.807, 2.05) is 47.2 Å². The van der Waals surface area contributed by atoms with E-state index in [0.717, 1.165) is 16.5 Å². The van der Waals surface area contributed by atoms with Crippen molar-refractivity contribution in [3.63, 3.8) is 0 Å². The average Bonchev–Trinajstić information content (AvgIpc) is 3.74. The highest BCUT2D eigenvalue weighted by atomic mass is 32.1. The Morgan fingerprint density at radius 1 is 1.11 bits per heavy atom. The second-order valence-corrected chi connectivity index (χ2v) is 11.3. The zero-order valence-electron chi connectivity index (χ0n) is 24.6. The van der Waals surface area contributed by atoms with Gasteiger partial charge in [-0.3, -0.25) is 19.0 Å². The van der Waals surface area contributed by atoms with Crippen LogP contribution in [0.1, 0.15) is 36.8 Å². The van der Waals surface area contributed by atoms with E-state index in [4.69, 9.17) is 13.9 Å². The summed E-state index contributed by atoms with van der Waals surface area (Å²) >= 11 is 1.25. The number of amides is 1. The van der Waals surface area contributed by atoms with Crippen LogP contribution in [0.5, 0.6) is 11.5 Å². The highest BCUT2D eigenvalue weighted by Gasteiger charge is 2.32. The summed E-state index contributed by atoms with van der Waals surface area (Å²) in [5.41, 5.74) is 2.98. The number of carbonyl (C=O) groups is 2. The van der Waals surface area contributed by atoms with Gasteiger partial charge in [-0.1, -0.05) is 29.5 Å². The van der Waals surface area contributed by atoms with Crippen LogP contribution in [0, 0.1) is 0 Å². The predicted octanol–water partition coefficient (Wildman–Crippen LogP) is 3.71. The molecule has 0 saturated heterocycles. The van der Waals surface area contributed by atoms with E-state index in [1.54, 1.807) is 56.2 Å². The summed E-state index contributed by atoms with van der Waals surface area (Å²) in [7, 11) is 3.10. The summed E-state index contributed by atoms with van der Waals surface area (Å²) in [6.45, 7) is 3.64. The number of rotatable bonds is 9. The molecule has 0 fully saturated rings. The van der Waals surface area contributed by atoms with Gasteiger partial charge in [0.15, 0.2) is 10.6 Å². The molecule has 5 aromatic rings. The maximum absolute atomic E-state index is 14.1. The van der Waals surface area contributed by atoms with E-state index in [2.05, 4.69) is 10.3 Å². The van der Waals surface area contributed by atoms with E-state index in [1.165, 1.54) is 18.3 Å². The van der Waals surface area contributed by atoms with Gasteiger partial charge >= 0.3 is 0 Å². The Balaban J connectivity index is 1.44. The molecular formula is C33H30N4O6S. The van der Waals surface area contributed by atoms with Crippen molar-refractivity contribution in [2.75, 3.05) is 14.2 Å². The van der Waals surface area contributed by atoms with E-state index in [-0.39, 0.29) is 23.8 Å². The summed E-state index contributed by atoms with van der Waals surface area (Å²) in [5.74, 6) is 1.39. The molecule has 4 heterocycles. The molecule has 1 atom stereocenters. The molecule has 10 nitrogen and oxygen atoms in total. The Hall–Kier alpha value is -5.16. The van der Waals surface area contributed by atoms with Gasteiger partial charge in [-0.15, -0.1) is 0 Å². The fourth-order valence-electron chi connectivity index (χ4n) is 5.58. The molecule has 0 bridgehead atoms. The van der Waals surface area contributed by atoms with Gasteiger partial charge in [-0.25, -0.2) is 4.99 Å². The summed E-state index contributed by atoms with van der Waals surface area (Å²) in [4.78, 5) is 45.0. The average molecular weight is 611 g/mol. The fourth-order valence-corrected chi connectivity index (χ4v) is 6.62. The Bertz CT molecular complexity index is 2120. The lowest BCUT2D eigenvalue weighted by atomic mass is 9.92. The number of carbonyl (C=O) groups excluding carboxylic acids is 2. The van der Waals surface area contributed by atoms with Crippen LogP contribution in [-0.2, 0) is 22.7 Å². The van der Waals surface area contributed by atoms with Crippen molar-refractivity contribution < 1.29 is 23.5 Å². The van der Waals surface area contributed by atoms with E-state index < -0.39 is 6.04 Å². The molecule has 11 heteroatoms. The summed E-state index contributed by atoms with van der Waals surface area (Å²) < 4.78 is 20.2. The second kappa shape index (κ2) is 11.8. The van der Waals surface area contributed by atoms with Gasteiger partial charge in [0.05, 0.1) is 37.6 Å². The molecule has 1 N–H and O–H groups in total. The number of Topliss-reactive ketones (excluding diaryl/α,β-unsaturated/α-hetero) is 1. The lowest BCUT2D eigenvalue weighted by Gasteiger charge is -2.26. The number of aromatic nitrogens is 2. The first-order chi connectivity index (χ1) is 21.3. The quantitative estimate of drug-likeness (QED) is 0.272. The molecule has 44 heavy (non-hydrogen) atoms. The van der Waals surface area contributed by atoms with Crippen LogP contribution in [-0.4, -0.2) is 35.0 Å². The Labute approximate surface area is 256 Å². The third-order valence-electron chi connectivity index (χ3n) is 7.60. The predicted molar refractivity (Wildman–Crippen MR) is 166 cm³/mol. The number of hydrogen-bond donors (Lipinski definition) is 1. The van der Waals surface area contributed by atoms with Crippen molar-refractivity contribution in [3.8, 4) is 11.5 Å². The number of furan rings is 1. The molecule has 0 unspecified atom stereocenters. The van der Waals surface area contributed by atoms with Crippen LogP contribution >= 0.6 is 11.3 Å². The van der Waals surface area contributed by atoms with Crippen LogP contribution in [0.25, 0.3) is 17.0 Å². The largest absolute Gasteiger partial charge is 0.497 e. The highest BCUT2D eigenvalue weighted by Crippen LogP contribution is 2.37. The van der Waals surface area contributed by atoms with Gasteiger partial charge in [-0.05, 0) is 50.3 Å². The van der Waals surface area contributed by atoms with Crippen molar-refractivity contribution in [2.24, 2.45) is 4.99 Å². The van der Waals surface area contributed by atoms with Gasteiger partial charge in [0.1, 0.15) is 23.8 Å². The normalized spacial score (nSPS) is 14.8. The topological polar surface area (TPSA) is 117 Å². The van der Waals surface area contributed by atoms with Crippen LogP contribution in [0.2, 0.25) is 0 Å². The van der Waals surface area contributed by atoms with Gasteiger partial charge in [0.2, 0.25) is 5.91 Å². The molecule has 2 aromatic carbocycles. The summed E-state index contributed by atoms with van der Waals surface area (Å²) in [6, 6.07) is 15.9. The summed E-state index contributed by atoms with van der Waals surface area (Å²) in [5, 5.41) is 3.77. The van der Waals surface area contributed by atoms with Crippen molar-refractivity contribution in [3.05, 3.63) is 115 Å². The molecule has 0 saturated carbocycles. The smallest absolute Gasteiger partial charge is 0.271 e. The minimum absolute atomic E-state index is 0.0920. The Morgan fingerprint density at radius 3 is 2.66 bits per heavy atom. The van der Waals surface area contributed by atoms with Gasteiger partial charge in [0, 0.05) is 45.6 Å². The lowest BCUT2D eigenvalue weighted by Crippen LogP contribution is -2.39. The van der Waals surface area contributed by atoms with Crippen LogP contribution in [0.4, 0.5) is 0 Å². The zero-order valence-corrected chi connectivity index (χ0v) is 25.4. The Morgan fingerprint density at radius 2 is 1.93 bits per heavy atom. The maximum atomic E-state index is 14.1. The number of thiazole rings is 1. The van der Waals surface area contributed by atoms with Crippen molar-refractivity contribution >= 4 is 40.0 Å². The molecule has 0 radical (unpaired) electrons. The van der Waals surface area contributed by atoms with Crippen LogP contribution in [0.3, 0.4) is 0 Å². The molecule has 1 amide bonds. The maximum Gasteiger partial charge on any atom is 0.271 e. The lowest BCUT2D eigenvalue weighted by molar-refractivity contribution is -0.121. The number of hydrogen-bond acceptors (Lipinski definition) is 8. The van der Waals surface area contributed by atoms with Crippen molar-refractivity contribution in [1.29, 1.82) is 0 Å². The monoisotopic (exact) mass is 610 g/mol. The first-order valence-corrected chi connectivity index (χ1v) is 14.7. The first kappa shape index (κ1) is 28.9. The summed E-state index contributed by atoms with van der Waals surface area (Å²) in [6.07, 6.45) is 5.25. The Kier molecular flexibility index (Phi) is 7.79. The fraction of sp³-hybridized carbons (Fsp3) is 0.212. The van der Waals surface area contributed by atoms with Gasteiger partial charge < -0.3 is 23.8 Å². The number of ketones is 1. The zero-order chi connectivity index (χ0) is 31.0. The third-order valence-corrected chi connectivity index (χ3v) is 8.58. The second-order valence-electron chi connectivity index (χ2n) is 10.3. The van der Waals surface area contributed by atoms with E-state index in [0.29, 0.717) is 50.0 Å². The van der Waals surface area contributed by atoms with Crippen molar-refractivity contribution in [1.82, 2.24) is 14.5 Å². The molecule has 0 aliphatic carbocycles. The number of benzene rings is 2. The molecule has 6 rings (SSSR count). The molecule has 1 aliphatic rings. The highest BCUT2D eigenvalue weighted by molar-refractivity contribution is 7.07. The number of nitrogens with zero attached hydrogens (tertiary/aromatic N) is 3. The standard InChI is InChI=1S/C33H30N4O6S/c1-19-30(20(2)38)31(25-12-11-22(41-3)15-27(25)42-4)37-32(40)28(44-33(37)35-19)14-21-17-36(26-10-6-5-9-24(21)26)18-29(39)34-16-23-8-7-13-43-23/h5-15,17,31H,16,18H2,1-4H3,(H,34,39)/b28-14-/t31-/m0/s1. The third kappa shape index (κ3) is 5.26. The van der Waals surface area contributed by atoms with Crippen LogP contribution < -0.4 is 29.7 Å². The number of allylic oxidation sites excluding steroid dienone is 2. The molecular weight excluding hydrogens is 580 g/mol. The molecule has 0 spiro atoms. The number of nitrogens with one attached hydrogen (secondary N) is 1. The molecule has 224 valence electrons. The number of para-hydroxylation sites is 1.